The van der Waals surface area contributed by atoms with Crippen molar-refractivity contribution in [3.8, 4) is 11.1 Å². The average molecular weight is 262 g/mol. The molecule has 5 heteroatoms. The topological polar surface area (TPSA) is 55.1 Å². The van der Waals surface area contributed by atoms with Gasteiger partial charge in [-0.3, -0.25) is 4.68 Å². The van der Waals surface area contributed by atoms with Gasteiger partial charge < -0.3 is 5.11 Å². The van der Waals surface area contributed by atoms with E-state index in [0.717, 1.165) is 24.6 Å². The van der Waals surface area contributed by atoms with Gasteiger partial charge >= 0.3 is 5.97 Å². The maximum atomic E-state index is 13.4. The first-order chi connectivity index (χ1) is 9.02. The number of benzene rings is 1. The summed E-state index contributed by atoms with van der Waals surface area (Å²) in [5.74, 6) is -1.52. The molecule has 0 saturated carbocycles. The molecule has 0 aliphatic rings. The van der Waals surface area contributed by atoms with E-state index >= 15 is 0 Å². The number of nitrogens with zero attached hydrogens (tertiary/aromatic N) is 2. The SMILES string of the molecule is CCCc1nn(C)cc1-c1cc(F)ccc1C(=O)O. The van der Waals surface area contributed by atoms with E-state index in [9.17, 15) is 14.3 Å². The Bertz CT molecular complexity index is 620. The number of halogens is 1. The van der Waals surface area contributed by atoms with Crippen molar-refractivity contribution < 1.29 is 14.3 Å². The van der Waals surface area contributed by atoms with Crippen LogP contribution in [0.5, 0.6) is 0 Å². The van der Waals surface area contributed by atoms with Crippen molar-refractivity contribution >= 4 is 5.97 Å². The number of rotatable bonds is 4. The van der Waals surface area contributed by atoms with E-state index in [1.165, 1.54) is 12.1 Å². The minimum atomic E-state index is -1.07. The molecular formula is C14H15FN2O2. The van der Waals surface area contributed by atoms with E-state index in [2.05, 4.69) is 5.10 Å². The van der Waals surface area contributed by atoms with Gasteiger partial charge in [0.05, 0.1) is 11.3 Å². The maximum Gasteiger partial charge on any atom is 0.336 e. The fourth-order valence-electron chi connectivity index (χ4n) is 2.11. The van der Waals surface area contributed by atoms with Crippen molar-refractivity contribution in [2.75, 3.05) is 0 Å². The Hall–Kier alpha value is -2.17. The zero-order valence-electron chi connectivity index (χ0n) is 10.9. The third kappa shape index (κ3) is 2.65. The van der Waals surface area contributed by atoms with Gasteiger partial charge in [-0.1, -0.05) is 13.3 Å². The fourth-order valence-corrected chi connectivity index (χ4v) is 2.11. The summed E-state index contributed by atoms with van der Waals surface area (Å²) in [6.07, 6.45) is 3.35. The van der Waals surface area contributed by atoms with Crippen LogP contribution in [0.25, 0.3) is 11.1 Å². The van der Waals surface area contributed by atoms with Crippen molar-refractivity contribution in [3.63, 3.8) is 0 Å². The third-order valence-corrected chi connectivity index (χ3v) is 2.89. The predicted molar refractivity (Wildman–Crippen MR) is 69.6 cm³/mol. The van der Waals surface area contributed by atoms with E-state index in [-0.39, 0.29) is 5.56 Å². The Balaban J connectivity index is 2.63. The fraction of sp³-hybridized carbons (Fsp3) is 0.286. The highest BCUT2D eigenvalue weighted by Gasteiger charge is 2.17. The van der Waals surface area contributed by atoms with Crippen molar-refractivity contribution in [3.05, 3.63) is 41.5 Å². The number of hydrogen-bond donors (Lipinski definition) is 1. The summed E-state index contributed by atoms with van der Waals surface area (Å²) >= 11 is 0. The number of carboxylic acid groups (broad SMARTS) is 1. The van der Waals surface area contributed by atoms with Gasteiger partial charge in [0, 0.05) is 24.4 Å². The van der Waals surface area contributed by atoms with E-state index < -0.39 is 11.8 Å². The summed E-state index contributed by atoms with van der Waals surface area (Å²) in [7, 11) is 1.77. The first-order valence-electron chi connectivity index (χ1n) is 6.08. The van der Waals surface area contributed by atoms with Gasteiger partial charge in [0.25, 0.3) is 0 Å². The monoisotopic (exact) mass is 262 g/mol. The van der Waals surface area contributed by atoms with Gasteiger partial charge in [-0.2, -0.15) is 5.10 Å². The molecule has 1 N–H and O–H groups in total. The van der Waals surface area contributed by atoms with Crippen LogP contribution in [0.3, 0.4) is 0 Å². The molecule has 0 radical (unpaired) electrons. The molecule has 0 bridgehead atoms. The predicted octanol–water partition coefficient (Wildman–Crippen LogP) is 2.88. The molecule has 0 amide bonds. The van der Waals surface area contributed by atoms with Gasteiger partial charge in [-0.15, -0.1) is 0 Å². The van der Waals surface area contributed by atoms with Gasteiger partial charge in [0.1, 0.15) is 5.82 Å². The van der Waals surface area contributed by atoms with Crippen molar-refractivity contribution in [2.24, 2.45) is 7.05 Å². The van der Waals surface area contributed by atoms with Crippen LogP contribution in [-0.2, 0) is 13.5 Å². The lowest BCUT2D eigenvalue weighted by molar-refractivity contribution is 0.0697. The normalized spacial score (nSPS) is 10.7. The quantitative estimate of drug-likeness (QED) is 0.921. The summed E-state index contributed by atoms with van der Waals surface area (Å²) in [4.78, 5) is 11.2. The molecule has 0 aliphatic heterocycles. The largest absolute Gasteiger partial charge is 0.478 e. The highest BCUT2D eigenvalue weighted by molar-refractivity contribution is 5.96. The summed E-state index contributed by atoms with van der Waals surface area (Å²) < 4.78 is 15.0. The van der Waals surface area contributed by atoms with Crippen LogP contribution in [0.15, 0.2) is 24.4 Å². The maximum absolute atomic E-state index is 13.4. The van der Waals surface area contributed by atoms with Gasteiger partial charge in [0.15, 0.2) is 0 Å². The summed E-state index contributed by atoms with van der Waals surface area (Å²) in [5.41, 5.74) is 1.94. The molecular weight excluding hydrogens is 247 g/mol. The second kappa shape index (κ2) is 5.22. The molecule has 1 aromatic heterocycles. The molecule has 4 nitrogen and oxygen atoms in total. The van der Waals surface area contributed by atoms with Gasteiger partial charge in [-0.05, 0) is 24.6 Å². The van der Waals surface area contributed by atoms with E-state index in [1.54, 1.807) is 17.9 Å². The molecule has 1 heterocycles. The second-order valence-corrected chi connectivity index (χ2v) is 4.41. The van der Waals surface area contributed by atoms with E-state index in [0.29, 0.717) is 11.1 Å². The smallest absolute Gasteiger partial charge is 0.336 e. The average Bonchev–Trinajstić information content (AvgIpc) is 2.70. The van der Waals surface area contributed by atoms with Crippen LogP contribution < -0.4 is 0 Å². The zero-order valence-corrected chi connectivity index (χ0v) is 10.9. The molecule has 100 valence electrons. The number of hydrogen-bond acceptors (Lipinski definition) is 2. The van der Waals surface area contributed by atoms with Gasteiger partial charge in [-0.25, -0.2) is 9.18 Å². The lowest BCUT2D eigenvalue weighted by atomic mass is 9.98. The minimum absolute atomic E-state index is 0.0896. The number of aryl methyl sites for hydroxylation is 2. The first-order valence-corrected chi connectivity index (χ1v) is 6.08. The van der Waals surface area contributed by atoms with Crippen molar-refractivity contribution in [1.29, 1.82) is 0 Å². The zero-order chi connectivity index (χ0) is 14.0. The Morgan fingerprint density at radius 3 is 2.79 bits per heavy atom. The highest BCUT2D eigenvalue weighted by atomic mass is 19.1. The summed E-state index contributed by atoms with van der Waals surface area (Å²) in [6.45, 7) is 2.02. The van der Waals surface area contributed by atoms with E-state index in [1.807, 2.05) is 6.92 Å². The molecule has 0 saturated heterocycles. The molecule has 1 aromatic carbocycles. The molecule has 0 unspecified atom stereocenters. The lowest BCUT2D eigenvalue weighted by Crippen LogP contribution is -2.01. The molecule has 0 atom stereocenters. The third-order valence-electron chi connectivity index (χ3n) is 2.89. The van der Waals surface area contributed by atoms with Crippen LogP contribution in [0.2, 0.25) is 0 Å². The number of carbonyl (C=O) groups is 1. The summed E-state index contributed by atoms with van der Waals surface area (Å²) in [6, 6.07) is 3.69. The Morgan fingerprint density at radius 1 is 1.42 bits per heavy atom. The van der Waals surface area contributed by atoms with Crippen LogP contribution in [0, 0.1) is 5.82 Å². The molecule has 0 spiro atoms. The van der Waals surface area contributed by atoms with Crippen molar-refractivity contribution in [2.45, 2.75) is 19.8 Å². The first kappa shape index (κ1) is 13.3. The molecule has 2 aromatic rings. The van der Waals surface area contributed by atoms with Crippen molar-refractivity contribution in [1.82, 2.24) is 9.78 Å². The van der Waals surface area contributed by atoms with Gasteiger partial charge in [0.2, 0.25) is 0 Å². The second-order valence-electron chi connectivity index (χ2n) is 4.41. The lowest BCUT2D eigenvalue weighted by Gasteiger charge is -2.06. The molecule has 2 rings (SSSR count). The van der Waals surface area contributed by atoms with E-state index in [4.69, 9.17) is 0 Å². The van der Waals surface area contributed by atoms with Crippen LogP contribution in [-0.4, -0.2) is 20.9 Å². The Morgan fingerprint density at radius 2 is 2.16 bits per heavy atom. The Labute approximate surface area is 110 Å². The van der Waals surface area contributed by atoms with Crippen LogP contribution in [0.1, 0.15) is 29.4 Å². The van der Waals surface area contributed by atoms with Crippen LogP contribution >= 0.6 is 0 Å². The Kier molecular flexibility index (Phi) is 3.64. The minimum Gasteiger partial charge on any atom is -0.478 e. The standard InChI is InChI=1S/C14H15FN2O2/c1-3-4-13-12(8-17(2)16-13)11-7-9(15)5-6-10(11)14(18)19/h5-8H,3-4H2,1-2H3,(H,18,19). The molecule has 19 heavy (non-hydrogen) atoms. The molecule has 0 fully saturated rings. The summed E-state index contributed by atoms with van der Waals surface area (Å²) in [5, 5.41) is 13.5. The number of carboxylic acids is 1. The number of aromatic carboxylic acids is 1. The highest BCUT2D eigenvalue weighted by Crippen LogP contribution is 2.28. The molecule has 0 aliphatic carbocycles. The number of aromatic nitrogens is 2. The van der Waals surface area contributed by atoms with Crippen LogP contribution in [0.4, 0.5) is 4.39 Å².